The standard InChI is InChI=1S/C20H23N3O5S/c1-13-19(14-7-4-5-8-15(14)22-13)29(25,26)12-11-21-20(24)23-18-16(27-2)9-6-10-17(18)28-3/h4-10,22H,11-12H2,1-3H3,(H2,21,23,24). The molecule has 29 heavy (non-hydrogen) atoms. The zero-order chi connectivity index (χ0) is 21.0. The normalized spacial score (nSPS) is 11.3. The molecule has 1 heterocycles. The van der Waals surface area contributed by atoms with Crippen molar-refractivity contribution in [3.8, 4) is 11.5 Å². The lowest BCUT2D eigenvalue weighted by molar-refractivity contribution is 0.252. The Bertz CT molecular complexity index is 1120. The number of aryl methyl sites for hydroxylation is 1. The number of nitrogens with one attached hydrogen (secondary N) is 3. The molecule has 3 N–H and O–H groups in total. The van der Waals surface area contributed by atoms with Crippen LogP contribution in [0.3, 0.4) is 0 Å². The molecule has 0 bridgehead atoms. The van der Waals surface area contributed by atoms with Gasteiger partial charge in [0.25, 0.3) is 0 Å². The lowest BCUT2D eigenvalue weighted by Gasteiger charge is -2.14. The molecule has 0 radical (unpaired) electrons. The monoisotopic (exact) mass is 417 g/mol. The van der Waals surface area contributed by atoms with Crippen LogP contribution in [0, 0.1) is 6.92 Å². The molecule has 8 nitrogen and oxygen atoms in total. The van der Waals surface area contributed by atoms with Crippen molar-refractivity contribution < 1.29 is 22.7 Å². The fourth-order valence-electron chi connectivity index (χ4n) is 3.18. The molecule has 3 rings (SSSR count). The van der Waals surface area contributed by atoms with Gasteiger partial charge in [-0.3, -0.25) is 0 Å². The SMILES string of the molecule is COc1cccc(OC)c1NC(=O)NCCS(=O)(=O)c1c(C)[nH]c2ccccc12. The fourth-order valence-corrected chi connectivity index (χ4v) is 4.79. The van der Waals surface area contributed by atoms with Crippen LogP contribution in [-0.2, 0) is 9.84 Å². The second-order valence-electron chi connectivity index (χ2n) is 6.36. The number of anilines is 1. The molecule has 2 amide bonds. The molecule has 0 fully saturated rings. The molecule has 0 saturated carbocycles. The number of carbonyl (C=O) groups excluding carboxylic acids is 1. The average Bonchev–Trinajstić information content (AvgIpc) is 3.04. The third kappa shape index (κ3) is 4.29. The fraction of sp³-hybridized carbons (Fsp3) is 0.250. The quantitative estimate of drug-likeness (QED) is 0.547. The van der Waals surface area contributed by atoms with Gasteiger partial charge in [0.05, 0.1) is 24.9 Å². The van der Waals surface area contributed by atoms with Gasteiger partial charge in [0, 0.05) is 23.1 Å². The van der Waals surface area contributed by atoms with E-state index in [1.54, 1.807) is 37.3 Å². The Labute approximate surface area is 169 Å². The van der Waals surface area contributed by atoms with Crippen molar-refractivity contribution in [3.63, 3.8) is 0 Å². The number of rotatable bonds is 7. The molecule has 0 saturated heterocycles. The number of ether oxygens (including phenoxy) is 2. The summed E-state index contributed by atoms with van der Waals surface area (Å²) in [5.41, 5.74) is 1.71. The van der Waals surface area contributed by atoms with Gasteiger partial charge < -0.3 is 25.1 Å². The van der Waals surface area contributed by atoms with Gasteiger partial charge in [0.2, 0.25) is 0 Å². The summed E-state index contributed by atoms with van der Waals surface area (Å²) in [4.78, 5) is 15.6. The van der Waals surface area contributed by atoms with Crippen LogP contribution in [0.5, 0.6) is 11.5 Å². The van der Waals surface area contributed by atoms with Gasteiger partial charge in [-0.1, -0.05) is 24.3 Å². The number of H-pyrrole nitrogens is 1. The second-order valence-corrected chi connectivity index (χ2v) is 8.41. The Kier molecular flexibility index (Phi) is 5.97. The molecule has 0 spiro atoms. The highest BCUT2D eigenvalue weighted by molar-refractivity contribution is 7.91. The van der Waals surface area contributed by atoms with Crippen LogP contribution in [0.4, 0.5) is 10.5 Å². The molecule has 0 aliphatic rings. The first-order chi connectivity index (χ1) is 13.9. The van der Waals surface area contributed by atoms with Crippen molar-refractivity contribution in [1.29, 1.82) is 0 Å². The van der Waals surface area contributed by atoms with E-state index in [4.69, 9.17) is 9.47 Å². The predicted octanol–water partition coefficient (Wildman–Crippen LogP) is 3.09. The van der Waals surface area contributed by atoms with Crippen LogP contribution in [0.15, 0.2) is 47.4 Å². The van der Waals surface area contributed by atoms with Crippen molar-refractivity contribution >= 4 is 32.5 Å². The van der Waals surface area contributed by atoms with Gasteiger partial charge in [-0.05, 0) is 25.1 Å². The topological polar surface area (TPSA) is 110 Å². The summed E-state index contributed by atoms with van der Waals surface area (Å²) in [6.45, 7) is 1.67. The number of benzene rings is 2. The van der Waals surface area contributed by atoms with Gasteiger partial charge in [-0.15, -0.1) is 0 Å². The third-order valence-corrected chi connectivity index (χ3v) is 6.36. The number of sulfone groups is 1. The zero-order valence-electron chi connectivity index (χ0n) is 16.4. The highest BCUT2D eigenvalue weighted by Gasteiger charge is 2.22. The highest BCUT2D eigenvalue weighted by Crippen LogP contribution is 2.34. The van der Waals surface area contributed by atoms with Gasteiger partial charge in [0.15, 0.2) is 9.84 Å². The smallest absolute Gasteiger partial charge is 0.319 e. The maximum Gasteiger partial charge on any atom is 0.319 e. The summed E-state index contributed by atoms with van der Waals surface area (Å²) < 4.78 is 36.1. The molecule has 0 unspecified atom stereocenters. The molecule has 0 aliphatic carbocycles. The van der Waals surface area contributed by atoms with Crippen LogP contribution in [0.2, 0.25) is 0 Å². The first-order valence-electron chi connectivity index (χ1n) is 8.93. The second kappa shape index (κ2) is 8.44. The predicted molar refractivity (Wildman–Crippen MR) is 112 cm³/mol. The Morgan fingerprint density at radius 2 is 1.69 bits per heavy atom. The van der Waals surface area contributed by atoms with Gasteiger partial charge in [0.1, 0.15) is 17.2 Å². The number of amides is 2. The number of carbonyl (C=O) groups is 1. The maximum absolute atomic E-state index is 12.8. The molecule has 0 atom stereocenters. The van der Waals surface area contributed by atoms with Crippen LogP contribution >= 0.6 is 0 Å². The van der Waals surface area contributed by atoms with Crippen molar-refractivity contribution in [1.82, 2.24) is 10.3 Å². The number of urea groups is 1. The van der Waals surface area contributed by atoms with E-state index in [9.17, 15) is 13.2 Å². The minimum atomic E-state index is -3.59. The Balaban J connectivity index is 1.68. The van der Waals surface area contributed by atoms with Crippen LogP contribution in [-0.4, -0.2) is 46.0 Å². The van der Waals surface area contributed by atoms with E-state index >= 15 is 0 Å². The van der Waals surface area contributed by atoms with E-state index in [1.807, 2.05) is 12.1 Å². The van der Waals surface area contributed by atoms with Crippen LogP contribution in [0.25, 0.3) is 10.9 Å². The molecule has 154 valence electrons. The van der Waals surface area contributed by atoms with Crippen molar-refractivity contribution in [3.05, 3.63) is 48.2 Å². The zero-order valence-corrected chi connectivity index (χ0v) is 17.2. The first-order valence-corrected chi connectivity index (χ1v) is 10.6. The van der Waals surface area contributed by atoms with E-state index in [-0.39, 0.29) is 17.2 Å². The first kappa shape index (κ1) is 20.5. The number of aromatic nitrogens is 1. The van der Waals surface area contributed by atoms with Gasteiger partial charge in [-0.25, -0.2) is 13.2 Å². The molecule has 9 heteroatoms. The van der Waals surface area contributed by atoms with E-state index < -0.39 is 15.9 Å². The highest BCUT2D eigenvalue weighted by atomic mass is 32.2. The van der Waals surface area contributed by atoms with Crippen molar-refractivity contribution in [2.75, 3.05) is 31.8 Å². The summed E-state index contributed by atoms with van der Waals surface area (Å²) in [5.74, 6) is 0.634. The largest absolute Gasteiger partial charge is 0.494 e. The van der Waals surface area contributed by atoms with Crippen molar-refractivity contribution in [2.45, 2.75) is 11.8 Å². The minimum absolute atomic E-state index is 0.0510. The van der Waals surface area contributed by atoms with Gasteiger partial charge >= 0.3 is 6.03 Å². The molecule has 1 aromatic heterocycles. The average molecular weight is 417 g/mol. The summed E-state index contributed by atoms with van der Waals surface area (Å²) in [6, 6.07) is 11.8. The molecular weight excluding hydrogens is 394 g/mol. The van der Waals surface area contributed by atoms with E-state index in [0.717, 1.165) is 5.52 Å². The summed E-state index contributed by atoms with van der Waals surface area (Å²) in [7, 11) is -0.631. The van der Waals surface area contributed by atoms with Crippen LogP contribution < -0.4 is 20.1 Å². The number of fused-ring (bicyclic) bond motifs is 1. The van der Waals surface area contributed by atoms with Gasteiger partial charge in [-0.2, -0.15) is 0 Å². The maximum atomic E-state index is 12.8. The number of para-hydroxylation sites is 2. The number of aromatic amines is 1. The van der Waals surface area contributed by atoms with Crippen LogP contribution in [0.1, 0.15) is 5.69 Å². The van der Waals surface area contributed by atoms with E-state index in [2.05, 4.69) is 15.6 Å². The third-order valence-electron chi connectivity index (χ3n) is 4.47. The van der Waals surface area contributed by atoms with E-state index in [0.29, 0.717) is 28.3 Å². The summed E-state index contributed by atoms with van der Waals surface area (Å²) in [5, 5.41) is 5.86. The number of hydrogen-bond donors (Lipinski definition) is 3. The lowest BCUT2D eigenvalue weighted by Crippen LogP contribution is -2.33. The summed E-state index contributed by atoms with van der Waals surface area (Å²) in [6.07, 6.45) is 0. The number of methoxy groups -OCH3 is 2. The Morgan fingerprint density at radius 3 is 2.34 bits per heavy atom. The lowest BCUT2D eigenvalue weighted by atomic mass is 10.2. The Hall–Kier alpha value is -3.20. The summed E-state index contributed by atoms with van der Waals surface area (Å²) >= 11 is 0. The van der Waals surface area contributed by atoms with Crippen molar-refractivity contribution in [2.24, 2.45) is 0 Å². The molecule has 0 aliphatic heterocycles. The number of hydrogen-bond acceptors (Lipinski definition) is 5. The van der Waals surface area contributed by atoms with E-state index in [1.165, 1.54) is 14.2 Å². The Morgan fingerprint density at radius 1 is 1.03 bits per heavy atom. The molecule has 3 aromatic rings. The molecule has 2 aromatic carbocycles. The molecular formula is C20H23N3O5S. The minimum Gasteiger partial charge on any atom is -0.494 e.